The van der Waals surface area contributed by atoms with Crippen molar-refractivity contribution in [1.29, 1.82) is 0 Å². The molecule has 0 aliphatic heterocycles. The van der Waals surface area contributed by atoms with Crippen LogP contribution in [0.3, 0.4) is 0 Å². The van der Waals surface area contributed by atoms with Crippen LogP contribution < -0.4 is 5.32 Å². The molecule has 2 aromatic rings. The summed E-state index contributed by atoms with van der Waals surface area (Å²) in [5.41, 5.74) is 3.09. The second-order valence-corrected chi connectivity index (χ2v) is 5.52. The minimum Gasteiger partial charge on any atom is -0.357 e. The molecule has 19 heavy (non-hydrogen) atoms. The Kier molecular flexibility index (Phi) is 3.42. The van der Waals surface area contributed by atoms with Crippen molar-refractivity contribution < 1.29 is 4.52 Å². The molecule has 1 heterocycles. The number of hydrogen-bond acceptors (Lipinski definition) is 3. The summed E-state index contributed by atoms with van der Waals surface area (Å²) in [5.74, 6) is 0.870. The van der Waals surface area contributed by atoms with Crippen LogP contribution >= 0.6 is 23.2 Å². The van der Waals surface area contributed by atoms with Gasteiger partial charge in [-0.15, -0.1) is 0 Å². The Morgan fingerprint density at radius 3 is 2.68 bits per heavy atom. The van der Waals surface area contributed by atoms with Crippen molar-refractivity contribution in [1.82, 2.24) is 5.16 Å². The fraction of sp³-hybridized carbons (Fsp3) is 0.357. The van der Waals surface area contributed by atoms with Crippen LogP contribution in [-0.2, 0) is 6.42 Å². The fourth-order valence-corrected chi connectivity index (χ4v) is 3.46. The number of nitrogens with one attached hydrogen (secondary N) is 1. The number of anilines is 1. The molecule has 0 fully saturated rings. The second kappa shape index (κ2) is 5.06. The summed E-state index contributed by atoms with van der Waals surface area (Å²) in [6.07, 6.45) is 3.01. The van der Waals surface area contributed by atoms with Gasteiger partial charge in [-0.25, -0.2) is 0 Å². The quantitative estimate of drug-likeness (QED) is 0.887. The van der Waals surface area contributed by atoms with Crippen molar-refractivity contribution in [2.75, 3.05) is 12.4 Å². The summed E-state index contributed by atoms with van der Waals surface area (Å²) >= 11 is 12.7. The molecule has 100 valence electrons. The second-order valence-electron chi connectivity index (χ2n) is 4.70. The lowest BCUT2D eigenvalue weighted by molar-refractivity contribution is 0.424. The molecule has 0 saturated carbocycles. The monoisotopic (exact) mass is 296 g/mol. The maximum Gasteiger partial charge on any atom is 0.228 e. The number of nitrogens with zero attached hydrogens (tertiary/aromatic N) is 1. The third kappa shape index (κ3) is 2.11. The van der Waals surface area contributed by atoms with Crippen molar-refractivity contribution in [3.05, 3.63) is 45.1 Å². The number of benzene rings is 1. The normalized spacial score (nSPS) is 18.2. The first-order chi connectivity index (χ1) is 9.22. The zero-order valence-electron chi connectivity index (χ0n) is 10.5. The van der Waals surface area contributed by atoms with Crippen LogP contribution in [0.1, 0.15) is 35.6 Å². The molecular formula is C14H14Cl2N2O. The molecular weight excluding hydrogens is 283 g/mol. The molecule has 0 radical (unpaired) electrons. The van der Waals surface area contributed by atoms with Gasteiger partial charge in [-0.05, 0) is 37.0 Å². The highest BCUT2D eigenvalue weighted by Gasteiger charge is 2.31. The van der Waals surface area contributed by atoms with Gasteiger partial charge in [0.1, 0.15) is 0 Å². The first kappa shape index (κ1) is 12.8. The Balaban J connectivity index is 2.16. The highest BCUT2D eigenvalue weighted by atomic mass is 35.5. The number of aryl methyl sites for hydroxylation is 1. The highest BCUT2D eigenvalue weighted by molar-refractivity contribution is 6.36. The van der Waals surface area contributed by atoms with Gasteiger partial charge in [-0.2, -0.15) is 0 Å². The van der Waals surface area contributed by atoms with Crippen molar-refractivity contribution in [2.45, 2.75) is 25.2 Å². The highest BCUT2D eigenvalue weighted by Crippen LogP contribution is 2.45. The fourth-order valence-electron chi connectivity index (χ4n) is 2.80. The summed E-state index contributed by atoms with van der Waals surface area (Å²) in [4.78, 5) is 0. The van der Waals surface area contributed by atoms with E-state index >= 15 is 0 Å². The average molecular weight is 297 g/mol. The van der Waals surface area contributed by atoms with Crippen LogP contribution in [-0.4, -0.2) is 12.2 Å². The number of halogens is 2. The first-order valence-corrected chi connectivity index (χ1v) is 7.08. The summed E-state index contributed by atoms with van der Waals surface area (Å²) in [7, 11) is 1.83. The minimum absolute atomic E-state index is 0.152. The number of rotatable bonds is 2. The van der Waals surface area contributed by atoms with E-state index in [1.165, 1.54) is 0 Å². The zero-order valence-corrected chi connectivity index (χ0v) is 12.1. The summed E-state index contributed by atoms with van der Waals surface area (Å²) in [6, 6.07) is 5.62. The van der Waals surface area contributed by atoms with E-state index in [0.29, 0.717) is 10.0 Å². The number of aromatic nitrogens is 1. The van der Waals surface area contributed by atoms with E-state index in [4.69, 9.17) is 27.7 Å². The van der Waals surface area contributed by atoms with Crippen molar-refractivity contribution in [3.8, 4) is 0 Å². The molecule has 3 rings (SSSR count). The van der Waals surface area contributed by atoms with Crippen LogP contribution in [0.15, 0.2) is 22.7 Å². The van der Waals surface area contributed by atoms with E-state index in [9.17, 15) is 0 Å². The molecule has 1 aromatic heterocycles. The van der Waals surface area contributed by atoms with E-state index in [2.05, 4.69) is 10.5 Å². The van der Waals surface area contributed by atoms with Gasteiger partial charge in [0.25, 0.3) is 0 Å². The Morgan fingerprint density at radius 1 is 1.26 bits per heavy atom. The molecule has 0 bridgehead atoms. The molecule has 0 amide bonds. The Labute approximate surface area is 121 Å². The maximum atomic E-state index is 6.34. The summed E-state index contributed by atoms with van der Waals surface area (Å²) in [5, 5.41) is 8.60. The van der Waals surface area contributed by atoms with Crippen LogP contribution in [0.4, 0.5) is 5.88 Å². The smallest absolute Gasteiger partial charge is 0.228 e. The Hall–Kier alpha value is -1.19. The predicted molar refractivity (Wildman–Crippen MR) is 77.3 cm³/mol. The SMILES string of the molecule is CNc1onc2c1C(c1c(Cl)cccc1Cl)CCC2. The molecule has 3 nitrogen and oxygen atoms in total. The van der Waals surface area contributed by atoms with Gasteiger partial charge in [-0.3, -0.25) is 0 Å². The lowest BCUT2D eigenvalue weighted by Crippen LogP contribution is -2.12. The van der Waals surface area contributed by atoms with E-state index in [-0.39, 0.29) is 5.92 Å². The number of fused-ring (bicyclic) bond motifs is 1. The standard InChI is InChI=1S/C14H14Cl2N2O/c1-17-14-13-8(4-2-7-11(13)18-19-14)12-9(15)5-3-6-10(12)16/h3,5-6,8,17H,2,4,7H2,1H3. The van der Waals surface area contributed by atoms with Gasteiger partial charge in [0, 0.05) is 28.6 Å². The van der Waals surface area contributed by atoms with Crippen molar-refractivity contribution in [3.63, 3.8) is 0 Å². The van der Waals surface area contributed by atoms with E-state index in [1.807, 2.05) is 25.2 Å². The molecule has 1 aliphatic rings. The minimum atomic E-state index is 0.152. The van der Waals surface area contributed by atoms with Crippen molar-refractivity contribution >= 4 is 29.1 Å². The van der Waals surface area contributed by atoms with Gasteiger partial charge in [0.05, 0.1) is 5.69 Å². The van der Waals surface area contributed by atoms with Crippen molar-refractivity contribution in [2.24, 2.45) is 0 Å². The molecule has 1 atom stereocenters. The van der Waals surface area contributed by atoms with E-state index in [0.717, 1.165) is 42.0 Å². The molecule has 5 heteroatoms. The molecule has 1 aliphatic carbocycles. The van der Waals surface area contributed by atoms with Crippen LogP contribution in [0.2, 0.25) is 10.0 Å². The molecule has 1 unspecified atom stereocenters. The average Bonchev–Trinajstić information content (AvgIpc) is 2.82. The lowest BCUT2D eigenvalue weighted by atomic mass is 9.81. The van der Waals surface area contributed by atoms with E-state index < -0.39 is 0 Å². The summed E-state index contributed by atoms with van der Waals surface area (Å²) < 4.78 is 5.35. The summed E-state index contributed by atoms with van der Waals surface area (Å²) in [6.45, 7) is 0. The van der Waals surface area contributed by atoms with Gasteiger partial charge >= 0.3 is 0 Å². The topological polar surface area (TPSA) is 38.1 Å². The molecule has 0 spiro atoms. The first-order valence-electron chi connectivity index (χ1n) is 6.32. The van der Waals surface area contributed by atoms with Gasteiger partial charge in [-0.1, -0.05) is 34.4 Å². The number of hydrogen-bond donors (Lipinski definition) is 1. The van der Waals surface area contributed by atoms with Gasteiger partial charge in [0.2, 0.25) is 5.88 Å². The Morgan fingerprint density at radius 2 is 2.00 bits per heavy atom. The molecule has 1 N–H and O–H groups in total. The largest absolute Gasteiger partial charge is 0.357 e. The van der Waals surface area contributed by atoms with Crippen LogP contribution in [0.25, 0.3) is 0 Å². The third-order valence-electron chi connectivity index (χ3n) is 3.63. The lowest BCUT2D eigenvalue weighted by Gasteiger charge is -2.24. The zero-order chi connectivity index (χ0) is 13.4. The van der Waals surface area contributed by atoms with Gasteiger partial charge < -0.3 is 9.84 Å². The van der Waals surface area contributed by atoms with Crippen LogP contribution in [0.5, 0.6) is 0 Å². The molecule has 0 saturated heterocycles. The Bertz CT molecular complexity index is 576. The molecule has 1 aromatic carbocycles. The predicted octanol–water partition coefficient (Wildman–Crippen LogP) is 4.49. The van der Waals surface area contributed by atoms with Crippen LogP contribution in [0, 0.1) is 0 Å². The third-order valence-corrected chi connectivity index (χ3v) is 4.29. The van der Waals surface area contributed by atoms with E-state index in [1.54, 1.807) is 0 Å². The maximum absolute atomic E-state index is 6.34. The van der Waals surface area contributed by atoms with Gasteiger partial charge in [0.15, 0.2) is 0 Å².